The van der Waals surface area contributed by atoms with Gasteiger partial charge in [-0.25, -0.2) is 0 Å². The molecule has 1 atom stereocenters. The van der Waals surface area contributed by atoms with E-state index in [4.69, 9.17) is 0 Å². The summed E-state index contributed by atoms with van der Waals surface area (Å²) in [7, 11) is 0. The summed E-state index contributed by atoms with van der Waals surface area (Å²) in [6.45, 7) is 2.27. The van der Waals surface area contributed by atoms with Crippen molar-refractivity contribution in [2.45, 2.75) is 32.1 Å². The van der Waals surface area contributed by atoms with Crippen LogP contribution in [0.4, 0.5) is 0 Å². The zero-order valence-electron chi connectivity index (χ0n) is 11.5. The van der Waals surface area contributed by atoms with Crippen LogP contribution in [0, 0.1) is 0 Å². The van der Waals surface area contributed by atoms with Gasteiger partial charge in [-0.1, -0.05) is 80.4 Å². The molecule has 0 aliphatic heterocycles. The average molecular weight is 248 g/mol. The van der Waals surface area contributed by atoms with Gasteiger partial charge in [0.15, 0.2) is 0 Å². The van der Waals surface area contributed by atoms with Crippen molar-refractivity contribution in [3.63, 3.8) is 0 Å². The SMILES string of the molecule is CCCCC1C(c2ccccc2)=Cc2ccccc21. The molecule has 0 heteroatoms. The van der Waals surface area contributed by atoms with Crippen molar-refractivity contribution in [2.24, 2.45) is 0 Å². The van der Waals surface area contributed by atoms with E-state index in [2.05, 4.69) is 67.6 Å². The zero-order valence-corrected chi connectivity index (χ0v) is 11.5. The molecule has 0 aromatic heterocycles. The topological polar surface area (TPSA) is 0 Å². The maximum Gasteiger partial charge on any atom is 0.0101 e. The van der Waals surface area contributed by atoms with Crippen LogP contribution in [0.25, 0.3) is 11.6 Å². The lowest BCUT2D eigenvalue weighted by Crippen LogP contribution is -1.98. The second-order valence-corrected chi connectivity index (χ2v) is 5.29. The number of hydrogen-bond acceptors (Lipinski definition) is 0. The summed E-state index contributed by atoms with van der Waals surface area (Å²) in [5.41, 5.74) is 5.78. The molecule has 0 radical (unpaired) electrons. The molecule has 2 aromatic rings. The first kappa shape index (κ1) is 12.2. The summed E-state index contributed by atoms with van der Waals surface area (Å²) < 4.78 is 0. The highest BCUT2D eigenvalue weighted by Gasteiger charge is 2.24. The first-order valence-electron chi connectivity index (χ1n) is 7.26. The quantitative estimate of drug-likeness (QED) is 0.668. The standard InChI is InChI=1S/C19H20/c1-2-3-12-18-17-13-8-7-11-16(17)14-19(18)15-9-5-4-6-10-15/h4-11,13-14,18H,2-3,12H2,1H3. The Balaban J connectivity index is 1.99. The lowest BCUT2D eigenvalue weighted by molar-refractivity contribution is 0.678. The Morgan fingerprint density at radius 3 is 2.42 bits per heavy atom. The third-order valence-corrected chi connectivity index (χ3v) is 4.01. The number of rotatable bonds is 4. The Morgan fingerprint density at radius 2 is 1.63 bits per heavy atom. The first-order chi connectivity index (χ1) is 9.40. The van der Waals surface area contributed by atoms with Crippen molar-refractivity contribution in [3.05, 3.63) is 71.3 Å². The van der Waals surface area contributed by atoms with Crippen LogP contribution >= 0.6 is 0 Å². The van der Waals surface area contributed by atoms with Gasteiger partial charge in [-0.05, 0) is 28.7 Å². The van der Waals surface area contributed by atoms with Crippen LogP contribution in [0.3, 0.4) is 0 Å². The number of unbranched alkanes of at least 4 members (excludes halogenated alkanes) is 1. The van der Waals surface area contributed by atoms with Gasteiger partial charge in [0.25, 0.3) is 0 Å². The second kappa shape index (κ2) is 5.44. The van der Waals surface area contributed by atoms with E-state index in [1.807, 2.05) is 0 Å². The van der Waals surface area contributed by atoms with Crippen LogP contribution in [-0.4, -0.2) is 0 Å². The van der Waals surface area contributed by atoms with E-state index in [-0.39, 0.29) is 0 Å². The Kier molecular flexibility index (Phi) is 3.50. The predicted octanol–water partition coefficient (Wildman–Crippen LogP) is 5.51. The van der Waals surface area contributed by atoms with Crippen molar-refractivity contribution in [2.75, 3.05) is 0 Å². The molecule has 0 heterocycles. The van der Waals surface area contributed by atoms with E-state index in [1.165, 1.54) is 41.5 Å². The van der Waals surface area contributed by atoms with Gasteiger partial charge in [0, 0.05) is 5.92 Å². The largest absolute Gasteiger partial charge is 0.0654 e. The van der Waals surface area contributed by atoms with E-state index in [9.17, 15) is 0 Å². The van der Waals surface area contributed by atoms with Crippen LogP contribution in [0.2, 0.25) is 0 Å². The third kappa shape index (κ3) is 2.35. The molecule has 19 heavy (non-hydrogen) atoms. The molecule has 0 nitrogen and oxygen atoms in total. The minimum absolute atomic E-state index is 0.582. The van der Waals surface area contributed by atoms with Gasteiger partial charge in [-0.3, -0.25) is 0 Å². The monoisotopic (exact) mass is 248 g/mol. The van der Waals surface area contributed by atoms with Crippen molar-refractivity contribution in [3.8, 4) is 0 Å². The van der Waals surface area contributed by atoms with E-state index in [0.717, 1.165) is 0 Å². The number of allylic oxidation sites excluding steroid dienone is 1. The minimum atomic E-state index is 0.582. The molecule has 0 amide bonds. The minimum Gasteiger partial charge on any atom is -0.0654 e. The summed E-state index contributed by atoms with van der Waals surface area (Å²) in [6.07, 6.45) is 6.20. The van der Waals surface area contributed by atoms with E-state index >= 15 is 0 Å². The molecule has 96 valence electrons. The van der Waals surface area contributed by atoms with Gasteiger partial charge >= 0.3 is 0 Å². The Morgan fingerprint density at radius 1 is 0.895 bits per heavy atom. The molecule has 2 aromatic carbocycles. The lowest BCUT2D eigenvalue weighted by atomic mass is 9.87. The number of fused-ring (bicyclic) bond motifs is 1. The molecule has 0 saturated heterocycles. The maximum absolute atomic E-state index is 2.38. The molecule has 1 unspecified atom stereocenters. The normalized spacial score (nSPS) is 17.1. The first-order valence-corrected chi connectivity index (χ1v) is 7.26. The van der Waals surface area contributed by atoms with Gasteiger partial charge in [0.05, 0.1) is 0 Å². The van der Waals surface area contributed by atoms with Crippen molar-refractivity contribution < 1.29 is 0 Å². The molecule has 0 fully saturated rings. The third-order valence-electron chi connectivity index (χ3n) is 4.01. The van der Waals surface area contributed by atoms with Crippen molar-refractivity contribution >= 4 is 11.6 Å². The molecule has 0 spiro atoms. The van der Waals surface area contributed by atoms with Gasteiger partial charge in [-0.15, -0.1) is 0 Å². The molecular formula is C19H20. The molecule has 0 bridgehead atoms. The van der Waals surface area contributed by atoms with Crippen LogP contribution in [-0.2, 0) is 0 Å². The van der Waals surface area contributed by atoms with Gasteiger partial charge in [0.1, 0.15) is 0 Å². The highest BCUT2D eigenvalue weighted by molar-refractivity contribution is 5.91. The van der Waals surface area contributed by atoms with Gasteiger partial charge in [-0.2, -0.15) is 0 Å². The summed E-state index contributed by atoms with van der Waals surface area (Å²) in [6, 6.07) is 19.7. The molecule has 0 saturated carbocycles. The van der Waals surface area contributed by atoms with Crippen LogP contribution in [0.1, 0.15) is 48.8 Å². The average Bonchev–Trinajstić information content (AvgIpc) is 2.85. The Hall–Kier alpha value is -1.82. The summed E-state index contributed by atoms with van der Waals surface area (Å²) in [5.74, 6) is 0.582. The van der Waals surface area contributed by atoms with Crippen LogP contribution < -0.4 is 0 Å². The highest BCUT2D eigenvalue weighted by Crippen LogP contribution is 2.44. The predicted molar refractivity (Wildman–Crippen MR) is 83.0 cm³/mol. The second-order valence-electron chi connectivity index (χ2n) is 5.29. The van der Waals surface area contributed by atoms with Crippen LogP contribution in [0.5, 0.6) is 0 Å². The Labute approximate surface area is 115 Å². The summed E-state index contributed by atoms with van der Waals surface area (Å²) >= 11 is 0. The lowest BCUT2D eigenvalue weighted by Gasteiger charge is -2.17. The van der Waals surface area contributed by atoms with Crippen molar-refractivity contribution in [1.82, 2.24) is 0 Å². The number of benzene rings is 2. The summed E-state index contributed by atoms with van der Waals surface area (Å²) in [5, 5.41) is 0. The maximum atomic E-state index is 2.38. The van der Waals surface area contributed by atoms with Crippen LogP contribution in [0.15, 0.2) is 54.6 Å². The number of hydrogen-bond donors (Lipinski definition) is 0. The summed E-state index contributed by atoms with van der Waals surface area (Å²) in [4.78, 5) is 0. The molecule has 1 aliphatic carbocycles. The fourth-order valence-electron chi connectivity index (χ4n) is 3.03. The van der Waals surface area contributed by atoms with Gasteiger partial charge in [0.2, 0.25) is 0 Å². The van der Waals surface area contributed by atoms with Crippen molar-refractivity contribution in [1.29, 1.82) is 0 Å². The highest BCUT2D eigenvalue weighted by atomic mass is 14.3. The van der Waals surface area contributed by atoms with E-state index in [0.29, 0.717) is 5.92 Å². The smallest absolute Gasteiger partial charge is 0.0101 e. The molecule has 0 N–H and O–H groups in total. The van der Waals surface area contributed by atoms with Gasteiger partial charge < -0.3 is 0 Å². The fraction of sp³-hybridized carbons (Fsp3) is 0.263. The van der Waals surface area contributed by atoms with E-state index < -0.39 is 0 Å². The fourth-order valence-corrected chi connectivity index (χ4v) is 3.03. The Bertz CT molecular complexity index is 578. The molecule has 3 rings (SSSR count). The molecule has 1 aliphatic rings. The van der Waals surface area contributed by atoms with E-state index in [1.54, 1.807) is 0 Å². The molecular weight excluding hydrogens is 228 g/mol. The zero-order chi connectivity index (χ0) is 13.1.